The normalized spacial score (nSPS) is 19.4. The van der Waals surface area contributed by atoms with Crippen molar-refractivity contribution >= 4 is 21.8 Å². The monoisotopic (exact) mass is 299 g/mol. The molecule has 1 aliphatic rings. The van der Waals surface area contributed by atoms with Gasteiger partial charge < -0.3 is 9.47 Å². The zero-order valence-electron chi connectivity index (χ0n) is 10.3. The van der Waals surface area contributed by atoms with Crippen molar-refractivity contribution in [2.75, 3.05) is 13.1 Å². The third-order valence-electron chi connectivity index (χ3n) is 3.40. The van der Waals surface area contributed by atoms with Crippen molar-refractivity contribution in [3.8, 4) is 0 Å². The fourth-order valence-corrected chi connectivity index (χ4v) is 2.78. The van der Waals surface area contributed by atoms with E-state index in [4.69, 9.17) is 0 Å². The Balaban J connectivity index is 1.95. The Bertz CT molecular complexity index is 394. The molecule has 0 spiro atoms. The summed E-state index contributed by atoms with van der Waals surface area (Å²) in [5.74, 6) is 0.744. The lowest BCUT2D eigenvalue weighted by Crippen LogP contribution is -2.40. The highest BCUT2D eigenvalue weighted by molar-refractivity contribution is 9.09. The van der Waals surface area contributed by atoms with Crippen LogP contribution in [0.15, 0.2) is 12.5 Å². The summed E-state index contributed by atoms with van der Waals surface area (Å²) < 4.78 is 1.81. The second-order valence-corrected chi connectivity index (χ2v) is 6.18. The SMILES string of the molecule is CC(Br)C1CCN(C(=O)c2cn(C)cn2)CC1. The second-order valence-electron chi connectivity index (χ2n) is 4.73. The molecule has 1 aromatic rings. The Hall–Kier alpha value is -0.840. The molecular weight excluding hydrogens is 282 g/mol. The summed E-state index contributed by atoms with van der Waals surface area (Å²) >= 11 is 3.62. The van der Waals surface area contributed by atoms with Gasteiger partial charge in [0, 0.05) is 31.2 Å². The molecule has 0 radical (unpaired) electrons. The zero-order valence-corrected chi connectivity index (χ0v) is 11.9. The highest BCUT2D eigenvalue weighted by Crippen LogP contribution is 2.25. The van der Waals surface area contributed by atoms with E-state index >= 15 is 0 Å². The van der Waals surface area contributed by atoms with Crippen molar-refractivity contribution in [3.05, 3.63) is 18.2 Å². The highest BCUT2D eigenvalue weighted by Gasteiger charge is 2.26. The van der Waals surface area contributed by atoms with E-state index in [2.05, 4.69) is 27.8 Å². The van der Waals surface area contributed by atoms with Gasteiger partial charge in [0.05, 0.1) is 6.33 Å². The summed E-state index contributed by atoms with van der Waals surface area (Å²) in [5, 5.41) is 0. The van der Waals surface area contributed by atoms with Crippen LogP contribution in [-0.2, 0) is 7.05 Å². The summed E-state index contributed by atoms with van der Waals surface area (Å²) in [5.41, 5.74) is 0.554. The van der Waals surface area contributed by atoms with Crippen molar-refractivity contribution < 1.29 is 4.79 Å². The Morgan fingerprint density at radius 1 is 1.53 bits per heavy atom. The van der Waals surface area contributed by atoms with Gasteiger partial charge in [-0.05, 0) is 18.8 Å². The predicted octanol–water partition coefficient (Wildman–Crippen LogP) is 2.06. The van der Waals surface area contributed by atoms with E-state index in [0.29, 0.717) is 16.4 Å². The van der Waals surface area contributed by atoms with Crippen molar-refractivity contribution in [1.82, 2.24) is 14.5 Å². The Morgan fingerprint density at radius 2 is 2.18 bits per heavy atom. The van der Waals surface area contributed by atoms with Crippen LogP contribution in [0.5, 0.6) is 0 Å². The number of rotatable bonds is 2. The summed E-state index contributed by atoms with van der Waals surface area (Å²) in [6, 6.07) is 0. The molecular formula is C12H18BrN3O. The van der Waals surface area contributed by atoms with Crippen LogP contribution in [0.2, 0.25) is 0 Å². The van der Waals surface area contributed by atoms with E-state index in [1.54, 1.807) is 17.1 Å². The zero-order chi connectivity index (χ0) is 12.4. The van der Waals surface area contributed by atoms with E-state index in [9.17, 15) is 4.79 Å². The molecule has 0 saturated carbocycles. The van der Waals surface area contributed by atoms with E-state index in [0.717, 1.165) is 25.9 Å². The highest BCUT2D eigenvalue weighted by atomic mass is 79.9. The molecule has 17 heavy (non-hydrogen) atoms. The third-order valence-corrected chi connectivity index (χ3v) is 4.15. The maximum atomic E-state index is 12.1. The first-order valence-electron chi connectivity index (χ1n) is 5.99. The molecule has 0 aromatic carbocycles. The van der Waals surface area contributed by atoms with E-state index in [1.165, 1.54) is 0 Å². The fraction of sp³-hybridized carbons (Fsp3) is 0.667. The van der Waals surface area contributed by atoms with Gasteiger partial charge in [0.1, 0.15) is 5.69 Å². The average Bonchev–Trinajstić information content (AvgIpc) is 2.75. The van der Waals surface area contributed by atoms with E-state index in [1.807, 2.05) is 11.9 Å². The number of piperidine rings is 1. The number of carbonyl (C=O) groups is 1. The van der Waals surface area contributed by atoms with Gasteiger partial charge in [0.15, 0.2) is 0 Å². The molecule has 0 bridgehead atoms. The van der Waals surface area contributed by atoms with Crippen LogP contribution in [-0.4, -0.2) is 38.3 Å². The quantitative estimate of drug-likeness (QED) is 0.784. The summed E-state index contributed by atoms with van der Waals surface area (Å²) in [6.45, 7) is 3.87. The number of imidazole rings is 1. The minimum atomic E-state index is 0.0614. The number of amides is 1. The molecule has 2 heterocycles. The average molecular weight is 300 g/mol. The van der Waals surface area contributed by atoms with Gasteiger partial charge in [0.25, 0.3) is 5.91 Å². The van der Waals surface area contributed by atoms with Crippen molar-refractivity contribution in [1.29, 1.82) is 0 Å². The van der Waals surface area contributed by atoms with Gasteiger partial charge in [-0.15, -0.1) is 0 Å². The summed E-state index contributed by atoms with van der Waals surface area (Å²) in [6.07, 6.45) is 5.60. The lowest BCUT2D eigenvalue weighted by Gasteiger charge is -2.32. The Morgan fingerprint density at radius 3 is 2.65 bits per heavy atom. The third kappa shape index (κ3) is 2.89. The minimum Gasteiger partial charge on any atom is -0.340 e. The summed E-state index contributed by atoms with van der Waals surface area (Å²) in [4.78, 5) is 18.7. The predicted molar refractivity (Wildman–Crippen MR) is 70.2 cm³/mol. The number of nitrogens with zero attached hydrogens (tertiary/aromatic N) is 3. The van der Waals surface area contributed by atoms with Crippen molar-refractivity contribution in [2.24, 2.45) is 13.0 Å². The number of likely N-dealkylation sites (tertiary alicyclic amines) is 1. The Kier molecular flexibility index (Phi) is 3.86. The molecule has 1 atom stereocenters. The molecule has 0 N–H and O–H groups in total. The maximum absolute atomic E-state index is 12.1. The Labute approximate surface area is 110 Å². The van der Waals surface area contributed by atoms with E-state index < -0.39 is 0 Å². The van der Waals surface area contributed by atoms with E-state index in [-0.39, 0.29) is 5.91 Å². The lowest BCUT2D eigenvalue weighted by atomic mass is 9.94. The smallest absolute Gasteiger partial charge is 0.274 e. The number of aromatic nitrogens is 2. The molecule has 2 rings (SSSR count). The minimum absolute atomic E-state index is 0.0614. The van der Waals surface area contributed by atoms with Crippen LogP contribution in [0.1, 0.15) is 30.3 Å². The van der Waals surface area contributed by atoms with Crippen LogP contribution in [0.3, 0.4) is 0 Å². The van der Waals surface area contributed by atoms with Crippen molar-refractivity contribution in [3.63, 3.8) is 0 Å². The number of aryl methyl sites for hydroxylation is 1. The molecule has 1 amide bonds. The van der Waals surface area contributed by atoms with Crippen LogP contribution in [0, 0.1) is 5.92 Å². The standard InChI is InChI=1S/C12H18BrN3O/c1-9(13)10-3-5-16(6-4-10)12(17)11-7-15(2)8-14-11/h7-10H,3-6H2,1-2H3. The van der Waals surface area contributed by atoms with Gasteiger partial charge in [-0.1, -0.05) is 22.9 Å². The van der Waals surface area contributed by atoms with Gasteiger partial charge in [-0.2, -0.15) is 0 Å². The van der Waals surface area contributed by atoms with Gasteiger partial charge in [0.2, 0.25) is 0 Å². The number of halogens is 1. The molecule has 5 heteroatoms. The first kappa shape index (κ1) is 12.6. The second kappa shape index (κ2) is 5.21. The van der Waals surface area contributed by atoms with Crippen LogP contribution in [0.4, 0.5) is 0 Å². The molecule has 0 aliphatic carbocycles. The number of carbonyl (C=O) groups excluding carboxylic acids is 1. The molecule has 1 unspecified atom stereocenters. The molecule has 94 valence electrons. The van der Waals surface area contributed by atoms with Crippen LogP contribution >= 0.6 is 15.9 Å². The number of hydrogen-bond donors (Lipinski definition) is 0. The van der Waals surface area contributed by atoms with Crippen molar-refractivity contribution in [2.45, 2.75) is 24.6 Å². The fourth-order valence-electron chi connectivity index (χ4n) is 2.25. The van der Waals surface area contributed by atoms with Crippen LogP contribution in [0.25, 0.3) is 0 Å². The molecule has 1 saturated heterocycles. The number of hydrogen-bond acceptors (Lipinski definition) is 2. The maximum Gasteiger partial charge on any atom is 0.274 e. The van der Waals surface area contributed by atoms with Gasteiger partial charge >= 0.3 is 0 Å². The lowest BCUT2D eigenvalue weighted by molar-refractivity contribution is 0.0686. The summed E-state index contributed by atoms with van der Waals surface area (Å²) in [7, 11) is 1.88. The van der Waals surface area contributed by atoms with Crippen LogP contribution < -0.4 is 0 Å². The first-order chi connectivity index (χ1) is 8.08. The molecule has 4 nitrogen and oxygen atoms in total. The number of alkyl halides is 1. The molecule has 1 aromatic heterocycles. The largest absolute Gasteiger partial charge is 0.340 e. The van der Waals surface area contributed by atoms with Gasteiger partial charge in [-0.25, -0.2) is 4.98 Å². The molecule has 1 fully saturated rings. The first-order valence-corrected chi connectivity index (χ1v) is 6.91. The molecule has 1 aliphatic heterocycles. The van der Waals surface area contributed by atoms with Gasteiger partial charge in [-0.3, -0.25) is 4.79 Å². The topological polar surface area (TPSA) is 38.1 Å².